The van der Waals surface area contributed by atoms with Crippen LogP contribution >= 0.6 is 0 Å². The Morgan fingerprint density at radius 2 is 1.70 bits per heavy atom. The van der Waals surface area contributed by atoms with E-state index in [1.54, 1.807) is 30.5 Å². The Hall–Kier alpha value is -4.06. The van der Waals surface area contributed by atoms with Crippen LogP contribution in [0.2, 0.25) is 0 Å². The SMILES string of the molecule is NC(=O)c1ccc(-c2ccc3cnc(Nc4ccc(S(N)(=O)=O)cc4)nc3c2OC2CCNCC2)cc1. The van der Waals surface area contributed by atoms with E-state index in [0.29, 0.717) is 28.5 Å². The number of amides is 1. The number of carbonyl (C=O) groups is 1. The molecule has 0 saturated carbocycles. The molecule has 1 saturated heterocycles. The van der Waals surface area contributed by atoms with E-state index in [2.05, 4.69) is 15.6 Å². The number of rotatable bonds is 7. The van der Waals surface area contributed by atoms with Crippen LogP contribution in [0.3, 0.4) is 0 Å². The molecule has 1 aromatic heterocycles. The molecule has 5 rings (SSSR count). The zero-order chi connectivity index (χ0) is 26.0. The molecule has 2 heterocycles. The first-order chi connectivity index (χ1) is 17.8. The van der Waals surface area contributed by atoms with Gasteiger partial charge in [0.25, 0.3) is 0 Å². The zero-order valence-corrected chi connectivity index (χ0v) is 20.7. The molecule has 0 bridgehead atoms. The molecule has 0 unspecified atom stereocenters. The number of anilines is 2. The van der Waals surface area contributed by atoms with Crippen LogP contribution in [0, 0.1) is 0 Å². The van der Waals surface area contributed by atoms with Gasteiger partial charge in [-0.2, -0.15) is 0 Å². The molecule has 3 aromatic carbocycles. The van der Waals surface area contributed by atoms with Crippen LogP contribution in [-0.2, 0) is 10.0 Å². The van der Waals surface area contributed by atoms with Crippen LogP contribution < -0.4 is 26.2 Å². The maximum absolute atomic E-state index is 11.5. The number of nitrogens with one attached hydrogen (secondary N) is 2. The van der Waals surface area contributed by atoms with Crippen molar-refractivity contribution in [1.82, 2.24) is 15.3 Å². The summed E-state index contributed by atoms with van der Waals surface area (Å²) in [6.45, 7) is 1.74. The molecule has 1 fully saturated rings. The van der Waals surface area contributed by atoms with Gasteiger partial charge in [0.15, 0.2) is 5.75 Å². The minimum absolute atomic E-state index is 0.0159. The van der Waals surface area contributed by atoms with E-state index in [0.717, 1.165) is 42.4 Å². The molecule has 1 amide bonds. The fraction of sp³-hybridized carbons (Fsp3) is 0.192. The molecule has 1 aliphatic rings. The van der Waals surface area contributed by atoms with Crippen molar-refractivity contribution in [3.05, 3.63) is 72.4 Å². The van der Waals surface area contributed by atoms with Crippen LogP contribution in [0.4, 0.5) is 11.6 Å². The number of nitrogens with zero attached hydrogens (tertiary/aromatic N) is 2. The normalized spacial score (nSPS) is 14.4. The van der Waals surface area contributed by atoms with Gasteiger partial charge in [-0.15, -0.1) is 0 Å². The highest BCUT2D eigenvalue weighted by atomic mass is 32.2. The summed E-state index contributed by atoms with van der Waals surface area (Å²) in [7, 11) is -3.79. The largest absolute Gasteiger partial charge is 0.487 e. The Morgan fingerprint density at radius 1 is 1.00 bits per heavy atom. The van der Waals surface area contributed by atoms with Crippen LogP contribution in [-0.4, -0.2) is 43.5 Å². The van der Waals surface area contributed by atoms with Gasteiger partial charge in [0.1, 0.15) is 11.6 Å². The Labute approximate surface area is 214 Å². The number of aromatic nitrogens is 2. The average Bonchev–Trinajstić information content (AvgIpc) is 2.89. The lowest BCUT2D eigenvalue weighted by atomic mass is 10.0. The summed E-state index contributed by atoms with van der Waals surface area (Å²) in [5, 5.41) is 12.4. The standard InChI is InChI=1S/C26H26N6O4S/c27-25(33)17-3-1-16(2-4-17)22-10-5-18-15-30-26(31-19-6-8-21(9-7-19)37(28,34)35)32-23(18)24(22)36-20-11-13-29-14-12-20/h1-10,15,20,29H,11-14H2,(H2,27,33)(H2,28,34,35)(H,30,31,32). The minimum Gasteiger partial charge on any atom is -0.487 e. The third-order valence-electron chi connectivity index (χ3n) is 6.20. The second-order valence-electron chi connectivity index (χ2n) is 8.78. The fourth-order valence-electron chi connectivity index (χ4n) is 4.23. The monoisotopic (exact) mass is 518 g/mol. The van der Waals surface area contributed by atoms with Gasteiger partial charge in [0.2, 0.25) is 21.9 Å². The molecular formula is C26H26N6O4S. The summed E-state index contributed by atoms with van der Waals surface area (Å²) < 4.78 is 29.6. The number of primary sulfonamides is 1. The quantitative estimate of drug-likeness (QED) is 0.290. The number of primary amides is 1. The van der Waals surface area contributed by atoms with Crippen molar-refractivity contribution in [3.63, 3.8) is 0 Å². The molecule has 0 aliphatic carbocycles. The number of nitrogens with two attached hydrogens (primary N) is 2. The highest BCUT2D eigenvalue weighted by Crippen LogP contribution is 2.38. The van der Waals surface area contributed by atoms with Crippen LogP contribution in [0.5, 0.6) is 5.75 Å². The summed E-state index contributed by atoms with van der Waals surface area (Å²) >= 11 is 0. The molecule has 0 atom stereocenters. The van der Waals surface area contributed by atoms with Crippen LogP contribution in [0.25, 0.3) is 22.0 Å². The summed E-state index contributed by atoms with van der Waals surface area (Å²) in [5.41, 5.74) is 8.77. The molecule has 6 N–H and O–H groups in total. The first-order valence-electron chi connectivity index (χ1n) is 11.8. The van der Waals surface area contributed by atoms with Crippen LogP contribution in [0.15, 0.2) is 71.8 Å². The van der Waals surface area contributed by atoms with Gasteiger partial charge in [-0.3, -0.25) is 4.79 Å². The number of fused-ring (bicyclic) bond motifs is 1. The van der Waals surface area contributed by atoms with Crippen molar-refractivity contribution in [1.29, 1.82) is 0 Å². The molecule has 0 spiro atoms. The number of piperidine rings is 1. The van der Waals surface area contributed by atoms with Gasteiger partial charge in [-0.05, 0) is 74.0 Å². The fourth-order valence-corrected chi connectivity index (χ4v) is 4.74. The van der Waals surface area contributed by atoms with Crippen LogP contribution in [0.1, 0.15) is 23.2 Å². The second kappa shape index (κ2) is 10.1. The molecule has 190 valence electrons. The van der Waals surface area contributed by atoms with E-state index in [-0.39, 0.29) is 11.0 Å². The third-order valence-corrected chi connectivity index (χ3v) is 7.13. The number of sulfonamides is 1. The van der Waals surface area contributed by atoms with E-state index in [1.165, 1.54) is 12.1 Å². The smallest absolute Gasteiger partial charge is 0.248 e. The van der Waals surface area contributed by atoms with Crippen molar-refractivity contribution in [2.24, 2.45) is 10.9 Å². The Balaban J connectivity index is 1.55. The predicted molar refractivity (Wildman–Crippen MR) is 141 cm³/mol. The number of ether oxygens (including phenoxy) is 1. The summed E-state index contributed by atoms with van der Waals surface area (Å²) in [6.07, 6.45) is 3.46. The van der Waals surface area contributed by atoms with Gasteiger partial charge in [-0.1, -0.05) is 18.2 Å². The van der Waals surface area contributed by atoms with E-state index in [1.807, 2.05) is 24.3 Å². The topological polar surface area (TPSA) is 162 Å². The summed E-state index contributed by atoms with van der Waals surface area (Å²) in [5.74, 6) is 0.468. The Morgan fingerprint density at radius 3 is 2.35 bits per heavy atom. The van der Waals surface area contributed by atoms with Gasteiger partial charge >= 0.3 is 0 Å². The van der Waals surface area contributed by atoms with E-state index >= 15 is 0 Å². The van der Waals surface area contributed by atoms with Crippen molar-refractivity contribution < 1.29 is 17.9 Å². The maximum Gasteiger partial charge on any atom is 0.248 e. The minimum atomic E-state index is -3.79. The highest BCUT2D eigenvalue weighted by Gasteiger charge is 2.20. The molecule has 0 radical (unpaired) electrons. The molecule has 4 aromatic rings. The molecule has 11 heteroatoms. The Kier molecular flexibility index (Phi) is 6.74. The van der Waals surface area contributed by atoms with Gasteiger partial charge in [0, 0.05) is 28.4 Å². The number of benzene rings is 3. The van der Waals surface area contributed by atoms with E-state index in [9.17, 15) is 13.2 Å². The molecule has 1 aliphatic heterocycles. The lowest BCUT2D eigenvalue weighted by Crippen LogP contribution is -2.34. The van der Waals surface area contributed by atoms with E-state index < -0.39 is 15.9 Å². The molecular weight excluding hydrogens is 492 g/mol. The first-order valence-corrected chi connectivity index (χ1v) is 13.3. The lowest BCUT2D eigenvalue weighted by Gasteiger charge is -2.25. The zero-order valence-electron chi connectivity index (χ0n) is 19.8. The van der Waals surface area contributed by atoms with Gasteiger partial charge in [0.05, 0.1) is 4.90 Å². The van der Waals surface area contributed by atoms with Crippen molar-refractivity contribution >= 4 is 38.5 Å². The highest BCUT2D eigenvalue weighted by molar-refractivity contribution is 7.89. The van der Waals surface area contributed by atoms with E-state index in [4.69, 9.17) is 20.6 Å². The summed E-state index contributed by atoms with van der Waals surface area (Å²) in [6, 6.07) is 17.0. The summed E-state index contributed by atoms with van der Waals surface area (Å²) in [4.78, 5) is 20.7. The molecule has 10 nitrogen and oxygen atoms in total. The number of carbonyl (C=O) groups excluding carboxylic acids is 1. The van der Waals surface area contributed by atoms with Crippen molar-refractivity contribution in [3.8, 4) is 16.9 Å². The third kappa shape index (κ3) is 5.53. The second-order valence-corrected chi connectivity index (χ2v) is 10.3. The first kappa shape index (κ1) is 24.6. The average molecular weight is 519 g/mol. The number of hydrogen-bond acceptors (Lipinski definition) is 8. The molecule has 37 heavy (non-hydrogen) atoms. The van der Waals surface area contributed by atoms with Gasteiger partial charge in [-0.25, -0.2) is 23.5 Å². The Bertz CT molecular complexity index is 1550. The van der Waals surface area contributed by atoms with Gasteiger partial charge < -0.3 is 21.1 Å². The lowest BCUT2D eigenvalue weighted by molar-refractivity contribution is 0.100. The maximum atomic E-state index is 11.5. The number of hydrogen-bond donors (Lipinski definition) is 4. The van der Waals surface area contributed by atoms with Crippen molar-refractivity contribution in [2.45, 2.75) is 23.8 Å². The van der Waals surface area contributed by atoms with Crippen molar-refractivity contribution in [2.75, 3.05) is 18.4 Å². The predicted octanol–water partition coefficient (Wildman–Crippen LogP) is 2.92.